The van der Waals surface area contributed by atoms with E-state index in [-0.39, 0.29) is 47.4 Å². The second-order valence-corrected chi connectivity index (χ2v) is 9.28. The lowest BCUT2D eigenvalue weighted by Crippen LogP contribution is -2.58. The largest absolute Gasteiger partial charge is 0.350 e. The second kappa shape index (κ2) is 10.7. The molecule has 0 aliphatic carbocycles. The van der Waals surface area contributed by atoms with Crippen LogP contribution in [0.15, 0.2) is 16.9 Å². The summed E-state index contributed by atoms with van der Waals surface area (Å²) in [5.41, 5.74) is 1.18. The molecule has 2 N–H and O–H groups in total. The van der Waals surface area contributed by atoms with Gasteiger partial charge in [-0.1, -0.05) is 6.92 Å². The predicted octanol–water partition coefficient (Wildman–Crippen LogP) is 1.54. The first-order chi connectivity index (χ1) is 13.9. The Morgan fingerprint density at radius 3 is 2.58 bits per heavy atom. The van der Waals surface area contributed by atoms with E-state index in [9.17, 15) is 9.59 Å². The van der Waals surface area contributed by atoms with Crippen molar-refractivity contribution >= 4 is 30.7 Å². The van der Waals surface area contributed by atoms with Crippen LogP contribution in [0.2, 0.25) is 0 Å². The number of carbonyl (C=O) groups is 1. The van der Waals surface area contributed by atoms with Crippen LogP contribution in [0.4, 0.5) is 0 Å². The highest BCUT2D eigenvalue weighted by Gasteiger charge is 2.37. The van der Waals surface area contributed by atoms with Gasteiger partial charge in [0.2, 0.25) is 0 Å². The Hall–Kier alpha value is -1.12. The summed E-state index contributed by atoms with van der Waals surface area (Å²) < 4.78 is 1.86. The van der Waals surface area contributed by atoms with Crippen LogP contribution in [0.3, 0.4) is 0 Å². The van der Waals surface area contributed by atoms with Gasteiger partial charge in [0.05, 0.1) is 0 Å². The highest BCUT2D eigenvalue weighted by atomic mass is 35.5. The van der Waals surface area contributed by atoms with E-state index >= 15 is 0 Å². The Bertz CT molecular complexity index is 821. The first-order valence-corrected chi connectivity index (χ1v) is 11.1. The molecular weight excluding hydrogens is 437 g/mol. The normalized spacial score (nSPS) is 24.5. The van der Waals surface area contributed by atoms with Gasteiger partial charge < -0.3 is 25.0 Å². The zero-order chi connectivity index (χ0) is 20.6. The summed E-state index contributed by atoms with van der Waals surface area (Å²) in [4.78, 5) is 30.8. The molecule has 0 saturated carbocycles. The molecule has 2 fully saturated rings. The number of nitrogens with zero attached hydrogens (tertiary/aromatic N) is 3. The Morgan fingerprint density at radius 2 is 1.94 bits per heavy atom. The summed E-state index contributed by atoms with van der Waals surface area (Å²) in [6.07, 6.45) is 3.18. The number of fused-ring (bicyclic) bond motifs is 4. The highest BCUT2D eigenvalue weighted by molar-refractivity contribution is 5.93. The van der Waals surface area contributed by atoms with Crippen molar-refractivity contribution in [1.29, 1.82) is 0 Å². The van der Waals surface area contributed by atoms with Gasteiger partial charge in [-0.15, -0.1) is 24.8 Å². The summed E-state index contributed by atoms with van der Waals surface area (Å²) in [6.45, 7) is 8.52. The van der Waals surface area contributed by atoms with Crippen LogP contribution >= 0.6 is 24.8 Å². The standard InChI is InChI=1S/C22H35N5O2.2ClH/c1-4-26-9-7-22(8-10-26,25(2)3)15-24-20(28)18-5-6-19-17-11-16(12-23-13-17)14-27(19)21(18)29;;/h5-6,16-17,23H,4,7-15H2,1-3H3,(H,24,28);2*1H/t16-,17+;;/m0../s1. The van der Waals surface area contributed by atoms with E-state index < -0.39 is 0 Å². The number of aromatic nitrogens is 1. The molecule has 0 radical (unpaired) electrons. The van der Waals surface area contributed by atoms with E-state index in [1.54, 1.807) is 6.07 Å². The average Bonchev–Trinajstić information content (AvgIpc) is 2.73. The smallest absolute Gasteiger partial charge is 0.263 e. The summed E-state index contributed by atoms with van der Waals surface area (Å²) >= 11 is 0. The van der Waals surface area contributed by atoms with Crippen molar-refractivity contribution in [2.45, 2.75) is 44.2 Å². The van der Waals surface area contributed by atoms with Crippen LogP contribution in [-0.2, 0) is 6.54 Å². The average molecular weight is 474 g/mol. The first kappa shape index (κ1) is 26.1. The lowest BCUT2D eigenvalue weighted by Gasteiger charge is -2.46. The molecule has 0 unspecified atom stereocenters. The maximum atomic E-state index is 13.1. The molecule has 3 aliphatic heterocycles. The molecule has 1 aromatic heterocycles. The number of likely N-dealkylation sites (tertiary alicyclic amines) is 1. The molecule has 2 saturated heterocycles. The Balaban J connectivity index is 0.00000171. The van der Waals surface area contributed by atoms with Gasteiger partial charge in [-0.05, 0) is 77.6 Å². The molecule has 2 bridgehead atoms. The minimum absolute atomic E-state index is 0. The van der Waals surface area contributed by atoms with Crippen LogP contribution in [0.1, 0.15) is 48.2 Å². The SMILES string of the molecule is CCN1CCC(CNC(=O)c2ccc3n(c2=O)C[C@@H]2CNC[C@H]3C2)(N(C)C)CC1.Cl.Cl. The van der Waals surface area contributed by atoms with Crippen LogP contribution in [0, 0.1) is 5.92 Å². The lowest BCUT2D eigenvalue weighted by molar-refractivity contribution is 0.0547. The number of carbonyl (C=O) groups excluding carboxylic acids is 1. The minimum Gasteiger partial charge on any atom is -0.350 e. The van der Waals surface area contributed by atoms with Gasteiger partial charge in [-0.25, -0.2) is 0 Å². The van der Waals surface area contributed by atoms with Gasteiger partial charge in [0.25, 0.3) is 11.5 Å². The van der Waals surface area contributed by atoms with Gasteiger partial charge in [0.15, 0.2) is 0 Å². The molecule has 0 aromatic carbocycles. The molecule has 7 nitrogen and oxygen atoms in total. The number of rotatable bonds is 5. The van der Waals surface area contributed by atoms with Gasteiger partial charge in [0, 0.05) is 36.8 Å². The quantitative estimate of drug-likeness (QED) is 0.678. The van der Waals surface area contributed by atoms with Crippen molar-refractivity contribution in [1.82, 2.24) is 25.0 Å². The number of likely N-dealkylation sites (N-methyl/N-ethyl adjacent to an activating group) is 1. The molecule has 0 spiro atoms. The third-order valence-electron chi connectivity index (χ3n) is 7.51. The van der Waals surface area contributed by atoms with E-state index in [2.05, 4.69) is 41.5 Å². The van der Waals surface area contributed by atoms with E-state index in [1.807, 2.05) is 10.6 Å². The van der Waals surface area contributed by atoms with Crippen LogP contribution in [-0.4, -0.2) is 79.2 Å². The molecular formula is C22H37Cl2N5O2. The molecule has 3 aliphatic rings. The van der Waals surface area contributed by atoms with E-state index in [4.69, 9.17) is 0 Å². The topological polar surface area (TPSA) is 69.6 Å². The zero-order valence-electron chi connectivity index (χ0n) is 18.9. The van der Waals surface area contributed by atoms with Gasteiger partial charge in [-0.2, -0.15) is 0 Å². The molecule has 4 rings (SSSR count). The number of nitrogens with one attached hydrogen (secondary N) is 2. The number of pyridine rings is 1. The molecule has 1 amide bonds. The fourth-order valence-electron chi connectivity index (χ4n) is 5.37. The number of hydrogen-bond acceptors (Lipinski definition) is 5. The number of halogens is 2. The second-order valence-electron chi connectivity index (χ2n) is 9.28. The van der Waals surface area contributed by atoms with Crippen LogP contribution in [0.25, 0.3) is 0 Å². The number of piperidine rings is 2. The van der Waals surface area contributed by atoms with Gasteiger partial charge >= 0.3 is 0 Å². The number of amides is 1. The number of hydrogen-bond donors (Lipinski definition) is 2. The van der Waals surface area contributed by atoms with Crippen molar-refractivity contribution < 1.29 is 4.79 Å². The molecule has 1 aromatic rings. The fraction of sp³-hybridized carbons (Fsp3) is 0.727. The summed E-state index contributed by atoms with van der Waals surface area (Å²) in [5, 5.41) is 6.56. The van der Waals surface area contributed by atoms with Crippen molar-refractivity contribution in [3.05, 3.63) is 33.7 Å². The van der Waals surface area contributed by atoms with E-state index in [1.165, 1.54) is 0 Å². The monoisotopic (exact) mass is 473 g/mol. The maximum absolute atomic E-state index is 13.1. The Labute approximate surface area is 197 Å². The van der Waals surface area contributed by atoms with Gasteiger partial charge in [-0.3, -0.25) is 9.59 Å². The third-order valence-corrected chi connectivity index (χ3v) is 7.51. The maximum Gasteiger partial charge on any atom is 0.263 e. The minimum atomic E-state index is -0.238. The molecule has 4 heterocycles. The molecule has 176 valence electrons. The van der Waals surface area contributed by atoms with Crippen LogP contribution < -0.4 is 16.2 Å². The summed E-state index contributed by atoms with van der Waals surface area (Å²) in [6, 6.07) is 3.73. The van der Waals surface area contributed by atoms with Crippen LogP contribution in [0.5, 0.6) is 0 Å². The Kier molecular flexibility index (Phi) is 8.99. The van der Waals surface area contributed by atoms with Crippen molar-refractivity contribution in [2.75, 3.05) is 53.4 Å². The third kappa shape index (κ3) is 5.11. The predicted molar refractivity (Wildman–Crippen MR) is 129 cm³/mol. The molecule has 9 heteroatoms. The molecule has 2 atom stereocenters. The van der Waals surface area contributed by atoms with E-state index in [0.29, 0.717) is 24.9 Å². The summed E-state index contributed by atoms with van der Waals surface area (Å²) in [5.74, 6) is 0.629. The van der Waals surface area contributed by atoms with Crippen molar-refractivity contribution in [3.8, 4) is 0 Å². The zero-order valence-corrected chi connectivity index (χ0v) is 20.5. The van der Waals surface area contributed by atoms with E-state index in [0.717, 1.165) is 57.7 Å². The van der Waals surface area contributed by atoms with Crippen molar-refractivity contribution in [3.63, 3.8) is 0 Å². The summed E-state index contributed by atoms with van der Waals surface area (Å²) in [7, 11) is 4.18. The highest BCUT2D eigenvalue weighted by Crippen LogP contribution is 2.32. The van der Waals surface area contributed by atoms with Gasteiger partial charge in [0.1, 0.15) is 5.56 Å². The lowest BCUT2D eigenvalue weighted by atomic mass is 9.84. The Morgan fingerprint density at radius 1 is 1.23 bits per heavy atom. The fourth-order valence-corrected chi connectivity index (χ4v) is 5.37. The first-order valence-electron chi connectivity index (χ1n) is 11.1. The van der Waals surface area contributed by atoms with Crippen molar-refractivity contribution in [2.24, 2.45) is 5.92 Å². The molecule has 31 heavy (non-hydrogen) atoms.